The average Bonchev–Trinajstić information content (AvgIpc) is 3.24. The Hall–Kier alpha value is -1.35. The number of hydrogen-bond donors (Lipinski definition) is 2. The minimum absolute atomic E-state index is 0.0910. The van der Waals surface area contributed by atoms with Crippen LogP contribution in [0.5, 0.6) is 0 Å². The summed E-state index contributed by atoms with van der Waals surface area (Å²) in [7, 11) is 0. The molecular weight excluding hydrogens is 224 g/mol. The van der Waals surface area contributed by atoms with Gasteiger partial charge in [0.15, 0.2) is 0 Å². The molecule has 3 nitrogen and oxygen atoms in total. The van der Waals surface area contributed by atoms with Crippen LogP contribution in [0, 0.1) is 0 Å². The van der Waals surface area contributed by atoms with Crippen LogP contribution in [0.2, 0.25) is 0 Å². The molecular formula is C15H20N2O. The standard InChI is InChI=1S/C15H20N2O/c18-15(17-14-4-5-14)13-3-1-2-12(10-13)11-6-8-16-9-7-11/h1-3,10-11,14,16H,4-9H2,(H,17,18). The van der Waals surface area contributed by atoms with Gasteiger partial charge in [-0.2, -0.15) is 0 Å². The Morgan fingerprint density at radius 3 is 2.67 bits per heavy atom. The van der Waals surface area contributed by atoms with Crippen molar-refractivity contribution >= 4 is 5.91 Å². The molecule has 1 aromatic carbocycles. The molecule has 1 aliphatic carbocycles. The molecule has 2 N–H and O–H groups in total. The summed E-state index contributed by atoms with van der Waals surface area (Å²) in [6.07, 6.45) is 4.63. The van der Waals surface area contributed by atoms with Crippen molar-refractivity contribution in [1.29, 1.82) is 0 Å². The highest BCUT2D eigenvalue weighted by atomic mass is 16.1. The first kappa shape index (κ1) is 11.7. The number of rotatable bonds is 3. The van der Waals surface area contributed by atoms with Crippen LogP contribution in [0.4, 0.5) is 0 Å². The number of hydrogen-bond acceptors (Lipinski definition) is 2. The summed E-state index contributed by atoms with van der Waals surface area (Å²) in [5.74, 6) is 0.702. The largest absolute Gasteiger partial charge is 0.349 e. The van der Waals surface area contributed by atoms with Crippen molar-refractivity contribution in [2.24, 2.45) is 0 Å². The van der Waals surface area contributed by atoms with E-state index in [9.17, 15) is 4.79 Å². The predicted molar refractivity (Wildman–Crippen MR) is 71.8 cm³/mol. The van der Waals surface area contributed by atoms with Gasteiger partial charge < -0.3 is 10.6 Å². The van der Waals surface area contributed by atoms with Crippen LogP contribution in [0.15, 0.2) is 24.3 Å². The molecule has 0 radical (unpaired) electrons. The molecule has 0 spiro atoms. The number of carbonyl (C=O) groups excluding carboxylic acids is 1. The van der Waals surface area contributed by atoms with Crippen molar-refractivity contribution in [3.05, 3.63) is 35.4 Å². The van der Waals surface area contributed by atoms with Gasteiger partial charge >= 0.3 is 0 Å². The minimum Gasteiger partial charge on any atom is -0.349 e. The smallest absolute Gasteiger partial charge is 0.251 e. The number of piperidine rings is 1. The van der Waals surface area contributed by atoms with Crippen LogP contribution in [0.3, 0.4) is 0 Å². The minimum atomic E-state index is 0.0910. The zero-order chi connectivity index (χ0) is 12.4. The lowest BCUT2D eigenvalue weighted by atomic mass is 9.89. The summed E-state index contributed by atoms with van der Waals surface area (Å²) in [6.45, 7) is 2.17. The first-order chi connectivity index (χ1) is 8.83. The highest BCUT2D eigenvalue weighted by molar-refractivity contribution is 5.94. The van der Waals surface area contributed by atoms with Crippen molar-refractivity contribution in [3.8, 4) is 0 Å². The van der Waals surface area contributed by atoms with E-state index in [0.29, 0.717) is 12.0 Å². The Morgan fingerprint density at radius 1 is 1.17 bits per heavy atom. The first-order valence-corrected chi connectivity index (χ1v) is 6.94. The Kier molecular flexibility index (Phi) is 3.33. The van der Waals surface area contributed by atoms with E-state index in [4.69, 9.17) is 0 Å². The van der Waals surface area contributed by atoms with E-state index in [1.807, 2.05) is 12.1 Å². The molecule has 0 unspecified atom stereocenters. The molecule has 0 bridgehead atoms. The third kappa shape index (κ3) is 2.72. The first-order valence-electron chi connectivity index (χ1n) is 6.94. The lowest BCUT2D eigenvalue weighted by molar-refractivity contribution is 0.0951. The molecule has 1 aliphatic heterocycles. The SMILES string of the molecule is O=C(NC1CC1)c1cccc(C2CCNCC2)c1. The lowest BCUT2D eigenvalue weighted by Gasteiger charge is -2.23. The van der Waals surface area contributed by atoms with Crippen LogP contribution in [0.1, 0.15) is 47.5 Å². The molecule has 0 atom stereocenters. The van der Waals surface area contributed by atoms with Gasteiger partial charge in [0.25, 0.3) is 5.91 Å². The van der Waals surface area contributed by atoms with E-state index in [0.717, 1.165) is 31.5 Å². The van der Waals surface area contributed by atoms with Gasteiger partial charge in [0.2, 0.25) is 0 Å². The topological polar surface area (TPSA) is 41.1 Å². The van der Waals surface area contributed by atoms with Crippen LogP contribution in [0.25, 0.3) is 0 Å². The van der Waals surface area contributed by atoms with Gasteiger partial charge in [0, 0.05) is 11.6 Å². The highest BCUT2D eigenvalue weighted by Crippen LogP contribution is 2.26. The summed E-state index contributed by atoms with van der Waals surface area (Å²) < 4.78 is 0. The summed E-state index contributed by atoms with van der Waals surface area (Å²) >= 11 is 0. The van der Waals surface area contributed by atoms with Crippen molar-refractivity contribution in [2.75, 3.05) is 13.1 Å². The molecule has 2 fully saturated rings. The Balaban J connectivity index is 1.72. The molecule has 1 heterocycles. The van der Waals surface area contributed by atoms with Gasteiger partial charge in [-0.25, -0.2) is 0 Å². The predicted octanol–water partition coefficient (Wildman–Crippen LogP) is 2.05. The monoisotopic (exact) mass is 244 g/mol. The van der Waals surface area contributed by atoms with E-state index < -0.39 is 0 Å². The molecule has 1 amide bonds. The summed E-state index contributed by atoms with van der Waals surface area (Å²) in [6, 6.07) is 8.60. The van der Waals surface area contributed by atoms with Gasteiger partial charge in [-0.05, 0) is 62.4 Å². The van der Waals surface area contributed by atoms with E-state index >= 15 is 0 Å². The van der Waals surface area contributed by atoms with Gasteiger partial charge in [0.05, 0.1) is 0 Å². The molecule has 3 rings (SSSR count). The van der Waals surface area contributed by atoms with Crippen LogP contribution in [-0.2, 0) is 0 Å². The maximum atomic E-state index is 12.0. The second-order valence-electron chi connectivity index (χ2n) is 5.40. The Labute approximate surface area is 108 Å². The van der Waals surface area contributed by atoms with Crippen LogP contribution < -0.4 is 10.6 Å². The van der Waals surface area contributed by atoms with E-state index in [-0.39, 0.29) is 5.91 Å². The molecule has 96 valence electrons. The Bertz CT molecular complexity index is 434. The quantitative estimate of drug-likeness (QED) is 0.854. The highest BCUT2D eigenvalue weighted by Gasteiger charge is 2.24. The molecule has 0 aromatic heterocycles. The van der Waals surface area contributed by atoms with Crippen molar-refractivity contribution in [1.82, 2.24) is 10.6 Å². The van der Waals surface area contributed by atoms with Crippen molar-refractivity contribution < 1.29 is 4.79 Å². The zero-order valence-electron chi connectivity index (χ0n) is 10.6. The summed E-state index contributed by atoms with van der Waals surface area (Å²) in [5.41, 5.74) is 2.14. The fourth-order valence-corrected chi connectivity index (χ4v) is 2.59. The number of benzene rings is 1. The molecule has 2 aliphatic rings. The molecule has 1 aromatic rings. The van der Waals surface area contributed by atoms with Crippen LogP contribution in [-0.4, -0.2) is 25.0 Å². The molecule has 1 saturated heterocycles. The van der Waals surface area contributed by atoms with E-state index in [1.165, 1.54) is 18.4 Å². The van der Waals surface area contributed by atoms with Gasteiger partial charge in [-0.15, -0.1) is 0 Å². The summed E-state index contributed by atoms with van der Waals surface area (Å²) in [4.78, 5) is 12.0. The second kappa shape index (κ2) is 5.11. The molecule has 18 heavy (non-hydrogen) atoms. The van der Waals surface area contributed by atoms with E-state index in [1.54, 1.807) is 0 Å². The van der Waals surface area contributed by atoms with Crippen molar-refractivity contribution in [2.45, 2.75) is 37.6 Å². The lowest BCUT2D eigenvalue weighted by Crippen LogP contribution is -2.27. The zero-order valence-corrected chi connectivity index (χ0v) is 10.6. The number of carbonyl (C=O) groups is 1. The third-order valence-corrected chi connectivity index (χ3v) is 3.87. The van der Waals surface area contributed by atoms with Gasteiger partial charge in [0.1, 0.15) is 0 Å². The van der Waals surface area contributed by atoms with Gasteiger partial charge in [-0.1, -0.05) is 12.1 Å². The fraction of sp³-hybridized carbons (Fsp3) is 0.533. The Morgan fingerprint density at radius 2 is 1.94 bits per heavy atom. The maximum Gasteiger partial charge on any atom is 0.251 e. The average molecular weight is 244 g/mol. The second-order valence-corrected chi connectivity index (χ2v) is 5.40. The number of amides is 1. The van der Waals surface area contributed by atoms with Gasteiger partial charge in [-0.3, -0.25) is 4.79 Å². The molecule has 3 heteroatoms. The van der Waals surface area contributed by atoms with Crippen LogP contribution >= 0.6 is 0 Å². The fourth-order valence-electron chi connectivity index (χ4n) is 2.59. The normalized spacial score (nSPS) is 20.7. The van der Waals surface area contributed by atoms with E-state index in [2.05, 4.69) is 22.8 Å². The maximum absolute atomic E-state index is 12.0. The van der Waals surface area contributed by atoms with Crippen molar-refractivity contribution in [3.63, 3.8) is 0 Å². The number of nitrogens with one attached hydrogen (secondary N) is 2. The molecule has 1 saturated carbocycles. The third-order valence-electron chi connectivity index (χ3n) is 3.87. The summed E-state index contributed by atoms with van der Waals surface area (Å²) in [5, 5.41) is 6.43.